The Morgan fingerprint density at radius 2 is 1.78 bits per heavy atom. The van der Waals surface area contributed by atoms with Gasteiger partial charge in [-0.3, -0.25) is 4.79 Å². The summed E-state index contributed by atoms with van der Waals surface area (Å²) in [6.45, 7) is 5.52. The summed E-state index contributed by atoms with van der Waals surface area (Å²) in [7, 11) is 0. The number of piperidine rings is 1. The number of aromatic nitrogens is 1. The van der Waals surface area contributed by atoms with E-state index in [0.29, 0.717) is 33.2 Å². The number of H-pyrrole nitrogens is 1. The van der Waals surface area contributed by atoms with Crippen LogP contribution in [0.5, 0.6) is 5.75 Å². The van der Waals surface area contributed by atoms with Gasteiger partial charge in [-0.05, 0) is 112 Å². The third-order valence-corrected chi connectivity index (χ3v) is 8.79. The summed E-state index contributed by atoms with van der Waals surface area (Å²) in [6, 6.07) is 11.2. The van der Waals surface area contributed by atoms with Crippen molar-refractivity contribution in [2.45, 2.75) is 57.4 Å². The SMILES string of the molecule is Cc1[nH]c2ccc(O)cc2c1C1CCN(CC2CCC(NC(=O)/C=C/c3c(Cl)cccc3Cl)CC2)CC1. The Morgan fingerprint density at radius 1 is 1.08 bits per heavy atom. The highest BCUT2D eigenvalue weighted by molar-refractivity contribution is 6.37. The molecule has 0 unspecified atom stereocenters. The van der Waals surface area contributed by atoms with Crippen molar-refractivity contribution >= 4 is 46.1 Å². The number of rotatable bonds is 6. The van der Waals surface area contributed by atoms with E-state index >= 15 is 0 Å². The van der Waals surface area contributed by atoms with E-state index in [2.05, 4.69) is 22.1 Å². The second-order valence-corrected chi connectivity index (χ2v) is 11.5. The van der Waals surface area contributed by atoms with Crippen molar-refractivity contribution < 1.29 is 9.90 Å². The van der Waals surface area contributed by atoms with E-state index in [-0.39, 0.29) is 11.9 Å². The maximum atomic E-state index is 12.4. The maximum absolute atomic E-state index is 12.4. The summed E-state index contributed by atoms with van der Waals surface area (Å²) in [5, 5.41) is 15.4. The number of nitrogens with zero attached hydrogens (tertiary/aromatic N) is 1. The van der Waals surface area contributed by atoms with E-state index in [1.807, 2.05) is 12.1 Å². The van der Waals surface area contributed by atoms with Gasteiger partial charge in [-0.1, -0.05) is 29.3 Å². The number of carbonyl (C=O) groups excluding carboxylic acids is 1. The molecule has 7 heteroatoms. The number of amides is 1. The Hall–Kier alpha value is -2.47. The lowest BCUT2D eigenvalue weighted by atomic mass is 9.84. The monoisotopic (exact) mass is 539 g/mol. The molecule has 2 fully saturated rings. The Morgan fingerprint density at radius 3 is 2.49 bits per heavy atom. The van der Waals surface area contributed by atoms with Crippen LogP contribution in [0.2, 0.25) is 10.0 Å². The number of nitrogens with one attached hydrogen (secondary N) is 2. The number of phenolic OH excluding ortho intramolecular Hbond substituents is 1. The van der Waals surface area contributed by atoms with E-state index in [0.717, 1.165) is 63.7 Å². The minimum Gasteiger partial charge on any atom is -0.508 e. The molecular formula is C30H35Cl2N3O2. The molecule has 37 heavy (non-hydrogen) atoms. The first kappa shape index (κ1) is 26.1. The number of hydrogen-bond donors (Lipinski definition) is 3. The fourth-order valence-electron chi connectivity index (χ4n) is 6.20. The molecule has 0 bridgehead atoms. The van der Waals surface area contributed by atoms with E-state index < -0.39 is 0 Å². The van der Waals surface area contributed by atoms with Gasteiger partial charge in [-0.2, -0.15) is 0 Å². The van der Waals surface area contributed by atoms with Crippen molar-refractivity contribution in [2.75, 3.05) is 19.6 Å². The summed E-state index contributed by atoms with van der Waals surface area (Å²) >= 11 is 12.4. The highest BCUT2D eigenvalue weighted by atomic mass is 35.5. The summed E-state index contributed by atoms with van der Waals surface area (Å²) < 4.78 is 0. The Kier molecular flexibility index (Phi) is 8.13. The number of hydrogen-bond acceptors (Lipinski definition) is 3. The van der Waals surface area contributed by atoms with Crippen LogP contribution in [0.3, 0.4) is 0 Å². The number of phenols is 1. The lowest BCUT2D eigenvalue weighted by Crippen LogP contribution is -2.41. The van der Waals surface area contributed by atoms with E-state index in [4.69, 9.17) is 23.2 Å². The van der Waals surface area contributed by atoms with Crippen molar-refractivity contribution in [1.82, 2.24) is 15.2 Å². The van der Waals surface area contributed by atoms with Crippen molar-refractivity contribution in [1.29, 1.82) is 0 Å². The first-order chi connectivity index (χ1) is 17.9. The first-order valence-corrected chi connectivity index (χ1v) is 14.1. The minimum absolute atomic E-state index is 0.0950. The molecule has 0 spiro atoms. The van der Waals surface area contributed by atoms with Crippen LogP contribution in [0.15, 0.2) is 42.5 Å². The van der Waals surface area contributed by atoms with Crippen LogP contribution in [0.25, 0.3) is 17.0 Å². The van der Waals surface area contributed by atoms with Crippen molar-refractivity contribution in [2.24, 2.45) is 5.92 Å². The second-order valence-electron chi connectivity index (χ2n) is 10.7. The topological polar surface area (TPSA) is 68.4 Å². The van der Waals surface area contributed by atoms with Crippen LogP contribution in [0, 0.1) is 12.8 Å². The predicted molar refractivity (Wildman–Crippen MR) is 153 cm³/mol. The molecule has 2 aromatic carbocycles. The van der Waals surface area contributed by atoms with Gasteiger partial charge in [0, 0.05) is 50.9 Å². The number of aromatic hydroxyl groups is 1. The van der Waals surface area contributed by atoms with Crippen molar-refractivity contribution in [3.8, 4) is 5.75 Å². The first-order valence-electron chi connectivity index (χ1n) is 13.3. The molecule has 2 heterocycles. The highest BCUT2D eigenvalue weighted by Crippen LogP contribution is 2.37. The third kappa shape index (κ3) is 6.17. The molecule has 0 radical (unpaired) electrons. The van der Waals surface area contributed by atoms with Gasteiger partial charge in [0.05, 0.1) is 0 Å². The number of halogens is 2. The van der Waals surface area contributed by atoms with Gasteiger partial charge in [-0.25, -0.2) is 0 Å². The fraction of sp³-hybridized carbons (Fsp3) is 0.433. The molecule has 5 rings (SSSR count). The number of benzene rings is 2. The number of aromatic amines is 1. The molecule has 0 atom stereocenters. The van der Waals surface area contributed by atoms with E-state index in [1.165, 1.54) is 22.7 Å². The highest BCUT2D eigenvalue weighted by Gasteiger charge is 2.28. The summed E-state index contributed by atoms with van der Waals surface area (Å²) in [5.74, 6) is 1.46. The largest absolute Gasteiger partial charge is 0.508 e. The number of carbonyl (C=O) groups is 1. The van der Waals surface area contributed by atoms with Gasteiger partial charge in [0.1, 0.15) is 5.75 Å². The van der Waals surface area contributed by atoms with Crippen LogP contribution >= 0.6 is 23.2 Å². The number of likely N-dealkylation sites (tertiary alicyclic amines) is 1. The lowest BCUT2D eigenvalue weighted by molar-refractivity contribution is -0.117. The fourth-order valence-corrected chi connectivity index (χ4v) is 6.72. The molecule has 196 valence electrons. The van der Waals surface area contributed by atoms with Crippen LogP contribution in [0.1, 0.15) is 61.3 Å². The van der Waals surface area contributed by atoms with Gasteiger partial charge in [0.15, 0.2) is 0 Å². The summed E-state index contributed by atoms with van der Waals surface area (Å²) in [6.07, 6.45) is 9.85. The van der Waals surface area contributed by atoms with Crippen LogP contribution in [-0.2, 0) is 4.79 Å². The standard InChI is InChI=1S/C30H35Cl2N3O2/c1-19-30(25-17-23(36)9-11-28(25)33-19)21-13-15-35(16-14-21)18-20-5-7-22(8-6-20)34-29(37)12-10-24-26(31)3-2-4-27(24)32/h2-4,9-12,17,20-22,33,36H,5-8,13-16,18H2,1H3,(H,34,37)/b12-10+. The molecule has 1 aliphatic carbocycles. The quantitative estimate of drug-likeness (QED) is 0.294. The molecule has 1 aliphatic heterocycles. The van der Waals surface area contributed by atoms with Gasteiger partial charge >= 0.3 is 0 Å². The average Bonchev–Trinajstić information content (AvgIpc) is 3.20. The van der Waals surface area contributed by atoms with Gasteiger partial charge in [-0.15, -0.1) is 0 Å². The molecule has 3 aromatic rings. The number of fused-ring (bicyclic) bond motifs is 1. The van der Waals surface area contributed by atoms with E-state index in [1.54, 1.807) is 30.3 Å². The van der Waals surface area contributed by atoms with Crippen LogP contribution < -0.4 is 5.32 Å². The zero-order valence-electron chi connectivity index (χ0n) is 21.3. The molecule has 2 aliphatic rings. The summed E-state index contributed by atoms with van der Waals surface area (Å²) in [5.41, 5.74) is 4.39. The zero-order chi connectivity index (χ0) is 25.9. The normalized spacial score (nSPS) is 21.6. The lowest BCUT2D eigenvalue weighted by Gasteiger charge is -2.37. The smallest absolute Gasteiger partial charge is 0.244 e. The third-order valence-electron chi connectivity index (χ3n) is 8.13. The molecule has 1 aromatic heterocycles. The molecule has 5 nitrogen and oxygen atoms in total. The predicted octanol–water partition coefficient (Wildman–Crippen LogP) is 7.06. The zero-order valence-corrected chi connectivity index (χ0v) is 22.8. The van der Waals surface area contributed by atoms with E-state index in [9.17, 15) is 9.90 Å². The molecule has 1 amide bonds. The Labute approximate surface area is 228 Å². The van der Waals surface area contributed by atoms with Gasteiger partial charge in [0.25, 0.3) is 0 Å². The Bertz CT molecular complexity index is 1270. The molecular weight excluding hydrogens is 505 g/mol. The second kappa shape index (κ2) is 11.5. The maximum Gasteiger partial charge on any atom is 0.244 e. The molecule has 3 N–H and O–H groups in total. The van der Waals surface area contributed by atoms with Crippen LogP contribution in [0.4, 0.5) is 0 Å². The summed E-state index contributed by atoms with van der Waals surface area (Å²) in [4.78, 5) is 18.6. The van der Waals surface area contributed by atoms with Crippen LogP contribution in [-0.4, -0.2) is 46.6 Å². The average molecular weight is 541 g/mol. The van der Waals surface area contributed by atoms with Crippen molar-refractivity contribution in [3.63, 3.8) is 0 Å². The Balaban J connectivity index is 1.07. The van der Waals surface area contributed by atoms with Crippen molar-refractivity contribution in [3.05, 3.63) is 69.3 Å². The molecule has 1 saturated carbocycles. The van der Waals surface area contributed by atoms with Gasteiger partial charge < -0.3 is 20.3 Å². The minimum atomic E-state index is -0.0950. The molecule has 1 saturated heterocycles. The van der Waals surface area contributed by atoms with Gasteiger partial charge in [0.2, 0.25) is 5.91 Å². The number of aryl methyl sites for hydroxylation is 1.